The molecular weight excluding hydrogens is 260 g/mol. The molecule has 2 heterocycles. The van der Waals surface area contributed by atoms with Crippen LogP contribution in [0.4, 0.5) is 0 Å². The quantitative estimate of drug-likeness (QED) is 0.794. The minimum Gasteiger partial charge on any atom is -0.329 e. The van der Waals surface area contributed by atoms with Crippen LogP contribution in [-0.4, -0.2) is 26.5 Å². The van der Waals surface area contributed by atoms with Crippen molar-refractivity contribution in [3.05, 3.63) is 28.0 Å². The number of hydrogen-bond donors (Lipinski definition) is 2. The SMILES string of the molecule is CCc1cnc(C(C)NCc2cn(CCN)nn2)s1. The molecule has 2 aromatic rings. The molecule has 0 saturated carbocycles. The summed E-state index contributed by atoms with van der Waals surface area (Å²) in [5.74, 6) is 0. The molecular formula is C12H20N6S. The van der Waals surface area contributed by atoms with Crippen LogP contribution in [0.15, 0.2) is 12.4 Å². The number of aryl methyl sites for hydroxylation is 1. The lowest BCUT2D eigenvalue weighted by Crippen LogP contribution is -2.18. The van der Waals surface area contributed by atoms with E-state index in [4.69, 9.17) is 5.73 Å². The van der Waals surface area contributed by atoms with Gasteiger partial charge in [0.25, 0.3) is 0 Å². The minimum absolute atomic E-state index is 0.227. The van der Waals surface area contributed by atoms with Crippen molar-refractivity contribution in [2.24, 2.45) is 5.73 Å². The normalized spacial score (nSPS) is 12.8. The molecule has 0 fully saturated rings. The molecule has 6 nitrogen and oxygen atoms in total. The monoisotopic (exact) mass is 280 g/mol. The highest BCUT2D eigenvalue weighted by atomic mass is 32.1. The minimum atomic E-state index is 0.227. The van der Waals surface area contributed by atoms with Gasteiger partial charge in [0.05, 0.1) is 18.3 Å². The van der Waals surface area contributed by atoms with E-state index in [0.29, 0.717) is 19.6 Å². The first-order chi connectivity index (χ1) is 9.22. The van der Waals surface area contributed by atoms with Crippen molar-refractivity contribution in [1.82, 2.24) is 25.3 Å². The number of rotatable bonds is 7. The summed E-state index contributed by atoms with van der Waals surface area (Å²) in [5.41, 5.74) is 6.40. The molecule has 0 amide bonds. The predicted molar refractivity (Wildman–Crippen MR) is 75.8 cm³/mol. The molecule has 0 aliphatic carbocycles. The molecule has 0 radical (unpaired) electrons. The predicted octanol–water partition coefficient (Wildman–Crippen LogP) is 1.11. The summed E-state index contributed by atoms with van der Waals surface area (Å²) in [6, 6.07) is 0.227. The van der Waals surface area contributed by atoms with Crippen molar-refractivity contribution in [2.45, 2.75) is 39.4 Å². The molecule has 0 aliphatic heterocycles. The lowest BCUT2D eigenvalue weighted by molar-refractivity contribution is 0.564. The van der Waals surface area contributed by atoms with Crippen molar-refractivity contribution >= 4 is 11.3 Å². The Kier molecular flexibility index (Phi) is 5.00. The van der Waals surface area contributed by atoms with Gasteiger partial charge in [0, 0.05) is 30.4 Å². The van der Waals surface area contributed by atoms with Crippen molar-refractivity contribution in [1.29, 1.82) is 0 Å². The first-order valence-corrected chi connectivity index (χ1v) is 7.31. The van der Waals surface area contributed by atoms with Crippen molar-refractivity contribution < 1.29 is 0 Å². The van der Waals surface area contributed by atoms with Crippen molar-refractivity contribution in [3.8, 4) is 0 Å². The Morgan fingerprint density at radius 3 is 3.05 bits per heavy atom. The Bertz CT molecular complexity index is 506. The van der Waals surface area contributed by atoms with Gasteiger partial charge < -0.3 is 11.1 Å². The van der Waals surface area contributed by atoms with Crippen LogP contribution in [0.1, 0.15) is 35.5 Å². The van der Waals surface area contributed by atoms with E-state index in [2.05, 4.69) is 34.5 Å². The third kappa shape index (κ3) is 3.82. The van der Waals surface area contributed by atoms with Gasteiger partial charge in [-0.2, -0.15) is 0 Å². The van der Waals surface area contributed by atoms with E-state index in [1.807, 2.05) is 12.4 Å². The van der Waals surface area contributed by atoms with Gasteiger partial charge in [-0.15, -0.1) is 16.4 Å². The standard InChI is InChI=1S/C12H20N6S/c1-3-11-7-15-12(19-11)9(2)14-6-10-8-18(5-4-13)17-16-10/h7-9,14H,3-6,13H2,1-2H3. The van der Waals surface area contributed by atoms with Crippen LogP contribution in [0.2, 0.25) is 0 Å². The highest BCUT2D eigenvalue weighted by Gasteiger charge is 2.10. The van der Waals surface area contributed by atoms with Gasteiger partial charge in [-0.05, 0) is 13.3 Å². The first kappa shape index (κ1) is 14.1. The second kappa shape index (κ2) is 6.74. The van der Waals surface area contributed by atoms with Crippen LogP contribution >= 0.6 is 11.3 Å². The van der Waals surface area contributed by atoms with E-state index in [1.54, 1.807) is 16.0 Å². The lowest BCUT2D eigenvalue weighted by atomic mass is 10.3. The summed E-state index contributed by atoms with van der Waals surface area (Å²) < 4.78 is 1.76. The molecule has 7 heteroatoms. The second-order valence-electron chi connectivity index (χ2n) is 4.38. The van der Waals surface area contributed by atoms with Gasteiger partial charge in [0.1, 0.15) is 5.01 Å². The molecule has 0 spiro atoms. The Morgan fingerprint density at radius 2 is 2.37 bits per heavy atom. The third-order valence-electron chi connectivity index (χ3n) is 2.82. The molecule has 0 aliphatic rings. The lowest BCUT2D eigenvalue weighted by Gasteiger charge is -2.08. The van der Waals surface area contributed by atoms with E-state index in [9.17, 15) is 0 Å². The number of nitrogens with two attached hydrogens (primary N) is 1. The molecule has 0 saturated heterocycles. The van der Waals surface area contributed by atoms with Gasteiger partial charge in [-0.3, -0.25) is 4.68 Å². The van der Waals surface area contributed by atoms with Gasteiger partial charge in [-0.25, -0.2) is 4.98 Å². The van der Waals surface area contributed by atoms with Crippen LogP contribution in [0.3, 0.4) is 0 Å². The highest BCUT2D eigenvalue weighted by Crippen LogP contribution is 2.20. The van der Waals surface area contributed by atoms with Crippen LogP contribution < -0.4 is 11.1 Å². The van der Waals surface area contributed by atoms with Crippen LogP contribution in [0.25, 0.3) is 0 Å². The number of nitrogens with zero attached hydrogens (tertiary/aromatic N) is 4. The summed E-state index contributed by atoms with van der Waals surface area (Å²) in [6.07, 6.45) is 4.92. The summed E-state index contributed by atoms with van der Waals surface area (Å²) in [7, 11) is 0. The van der Waals surface area contributed by atoms with Gasteiger partial charge in [0.2, 0.25) is 0 Å². The molecule has 19 heavy (non-hydrogen) atoms. The van der Waals surface area contributed by atoms with Crippen molar-refractivity contribution in [3.63, 3.8) is 0 Å². The van der Waals surface area contributed by atoms with E-state index in [0.717, 1.165) is 17.1 Å². The third-order valence-corrected chi connectivity index (χ3v) is 4.15. The summed E-state index contributed by atoms with van der Waals surface area (Å²) in [5, 5.41) is 12.6. The maximum atomic E-state index is 5.47. The van der Waals surface area contributed by atoms with E-state index in [-0.39, 0.29) is 6.04 Å². The Balaban J connectivity index is 1.86. The largest absolute Gasteiger partial charge is 0.329 e. The molecule has 0 aromatic carbocycles. The zero-order valence-corrected chi connectivity index (χ0v) is 12.2. The summed E-state index contributed by atoms with van der Waals surface area (Å²) in [4.78, 5) is 5.75. The molecule has 0 bridgehead atoms. The Labute approximate surface area is 117 Å². The highest BCUT2D eigenvalue weighted by molar-refractivity contribution is 7.11. The van der Waals surface area contributed by atoms with E-state index < -0.39 is 0 Å². The smallest absolute Gasteiger partial charge is 0.109 e. The van der Waals surface area contributed by atoms with Crippen molar-refractivity contribution in [2.75, 3.05) is 6.54 Å². The van der Waals surface area contributed by atoms with Crippen LogP contribution in [0, 0.1) is 0 Å². The average molecular weight is 280 g/mol. The van der Waals surface area contributed by atoms with Crippen LogP contribution in [0.5, 0.6) is 0 Å². The number of aromatic nitrogens is 4. The fourth-order valence-electron chi connectivity index (χ4n) is 1.69. The molecule has 1 unspecified atom stereocenters. The van der Waals surface area contributed by atoms with Crippen LogP contribution in [-0.2, 0) is 19.5 Å². The zero-order valence-electron chi connectivity index (χ0n) is 11.3. The summed E-state index contributed by atoms with van der Waals surface area (Å²) in [6.45, 7) is 6.22. The zero-order chi connectivity index (χ0) is 13.7. The molecule has 2 rings (SSSR count). The maximum Gasteiger partial charge on any atom is 0.109 e. The molecule has 104 valence electrons. The van der Waals surface area contributed by atoms with Gasteiger partial charge >= 0.3 is 0 Å². The number of hydrogen-bond acceptors (Lipinski definition) is 6. The Morgan fingerprint density at radius 1 is 1.53 bits per heavy atom. The van der Waals surface area contributed by atoms with Gasteiger partial charge in [0.15, 0.2) is 0 Å². The molecule has 3 N–H and O–H groups in total. The first-order valence-electron chi connectivity index (χ1n) is 6.50. The molecule has 1 atom stereocenters. The van der Waals surface area contributed by atoms with E-state index in [1.165, 1.54) is 4.88 Å². The topological polar surface area (TPSA) is 81.7 Å². The second-order valence-corrected chi connectivity index (χ2v) is 5.53. The number of thiazole rings is 1. The van der Waals surface area contributed by atoms with Gasteiger partial charge in [-0.1, -0.05) is 12.1 Å². The molecule has 2 aromatic heterocycles. The maximum absolute atomic E-state index is 5.47. The van der Waals surface area contributed by atoms with E-state index >= 15 is 0 Å². The number of nitrogens with one attached hydrogen (secondary N) is 1. The average Bonchev–Trinajstić information content (AvgIpc) is 3.05. The summed E-state index contributed by atoms with van der Waals surface area (Å²) >= 11 is 1.76. The fraction of sp³-hybridized carbons (Fsp3) is 0.583. The Hall–Kier alpha value is -1.31. The fourth-order valence-corrected chi connectivity index (χ4v) is 2.58.